The van der Waals surface area contributed by atoms with E-state index in [1.807, 2.05) is 0 Å². The number of nitrogens with zero attached hydrogens (tertiary/aromatic N) is 1. The van der Waals surface area contributed by atoms with Crippen LogP contribution in [0.1, 0.15) is 5.56 Å². The molecule has 0 saturated heterocycles. The number of hydrogen-bond acceptors (Lipinski definition) is 2. The van der Waals surface area contributed by atoms with Gasteiger partial charge in [0.25, 0.3) is 5.91 Å². The van der Waals surface area contributed by atoms with E-state index in [4.69, 9.17) is 27.9 Å². The zero-order valence-electron chi connectivity index (χ0n) is 10.8. The maximum atomic E-state index is 13.1. The van der Waals surface area contributed by atoms with Crippen LogP contribution in [-0.2, 0) is 11.3 Å². The monoisotopic (exact) mass is 325 g/mol. The van der Waals surface area contributed by atoms with Crippen molar-refractivity contribution in [3.05, 3.63) is 57.8 Å². The third-order valence-corrected chi connectivity index (χ3v) is 3.79. The minimum absolute atomic E-state index is 0.0482. The van der Waals surface area contributed by atoms with Gasteiger partial charge in [0.05, 0.1) is 12.2 Å². The lowest BCUT2D eigenvalue weighted by Crippen LogP contribution is -2.38. The second kappa shape index (κ2) is 5.54. The summed E-state index contributed by atoms with van der Waals surface area (Å²) < 4.78 is 18.5. The van der Waals surface area contributed by atoms with Crippen LogP contribution < -0.4 is 9.64 Å². The van der Waals surface area contributed by atoms with Gasteiger partial charge in [-0.3, -0.25) is 4.79 Å². The fraction of sp³-hybridized carbons (Fsp3) is 0.133. The van der Waals surface area contributed by atoms with Crippen molar-refractivity contribution in [3.63, 3.8) is 0 Å². The number of rotatable bonds is 2. The third-order valence-electron chi connectivity index (χ3n) is 3.21. The minimum atomic E-state index is -0.416. The molecule has 0 saturated carbocycles. The minimum Gasteiger partial charge on any atom is -0.482 e. The maximum Gasteiger partial charge on any atom is 0.265 e. The van der Waals surface area contributed by atoms with E-state index >= 15 is 0 Å². The molecule has 108 valence electrons. The molecule has 3 rings (SSSR count). The van der Waals surface area contributed by atoms with Gasteiger partial charge in [0.2, 0.25) is 0 Å². The highest BCUT2D eigenvalue weighted by molar-refractivity contribution is 6.31. The SMILES string of the molecule is O=C1COc2ccc(Cl)cc2N1Cc1ccc(F)cc1Cl. The first kappa shape index (κ1) is 14.2. The summed E-state index contributed by atoms with van der Waals surface area (Å²) in [5.74, 6) is -0.0390. The van der Waals surface area contributed by atoms with Crippen LogP contribution in [0.25, 0.3) is 0 Å². The summed E-state index contributed by atoms with van der Waals surface area (Å²) in [6, 6.07) is 9.16. The Morgan fingerprint density at radius 2 is 2.00 bits per heavy atom. The van der Waals surface area contributed by atoms with E-state index < -0.39 is 5.82 Å². The predicted octanol–water partition coefficient (Wildman–Crippen LogP) is 4.06. The van der Waals surface area contributed by atoms with Gasteiger partial charge in [-0.05, 0) is 35.9 Å². The van der Waals surface area contributed by atoms with Gasteiger partial charge in [-0.1, -0.05) is 29.3 Å². The third kappa shape index (κ3) is 2.82. The highest BCUT2D eigenvalue weighted by atomic mass is 35.5. The number of hydrogen-bond donors (Lipinski definition) is 0. The first-order chi connectivity index (χ1) is 10.0. The summed E-state index contributed by atoms with van der Waals surface area (Å²) in [7, 11) is 0. The Hall–Kier alpha value is -1.78. The molecule has 0 aromatic heterocycles. The maximum absolute atomic E-state index is 13.1. The van der Waals surface area contributed by atoms with Gasteiger partial charge in [-0.2, -0.15) is 0 Å². The molecule has 0 radical (unpaired) electrons. The van der Waals surface area contributed by atoms with Gasteiger partial charge in [0, 0.05) is 10.0 Å². The number of amides is 1. The van der Waals surface area contributed by atoms with Crippen molar-refractivity contribution in [3.8, 4) is 5.75 Å². The largest absolute Gasteiger partial charge is 0.482 e. The molecule has 2 aromatic carbocycles. The van der Waals surface area contributed by atoms with Gasteiger partial charge < -0.3 is 9.64 Å². The molecule has 0 N–H and O–H groups in total. The van der Waals surface area contributed by atoms with Gasteiger partial charge in [-0.15, -0.1) is 0 Å². The van der Waals surface area contributed by atoms with E-state index in [1.54, 1.807) is 24.3 Å². The molecular formula is C15H10Cl2FNO2. The van der Waals surface area contributed by atoms with Crippen LogP contribution in [0.2, 0.25) is 10.0 Å². The Labute approximate surface area is 130 Å². The first-order valence-electron chi connectivity index (χ1n) is 6.21. The average Bonchev–Trinajstić information content (AvgIpc) is 2.44. The van der Waals surface area contributed by atoms with E-state index in [2.05, 4.69) is 0 Å². The summed E-state index contributed by atoms with van der Waals surface area (Å²) in [6.45, 7) is 0.183. The lowest BCUT2D eigenvalue weighted by Gasteiger charge is -2.29. The van der Waals surface area contributed by atoms with Crippen LogP contribution in [-0.4, -0.2) is 12.5 Å². The molecule has 1 aliphatic rings. The number of anilines is 1. The quantitative estimate of drug-likeness (QED) is 0.833. The smallest absolute Gasteiger partial charge is 0.265 e. The zero-order valence-corrected chi connectivity index (χ0v) is 12.3. The van der Waals surface area contributed by atoms with Crippen LogP contribution in [0, 0.1) is 5.82 Å². The molecule has 1 heterocycles. The van der Waals surface area contributed by atoms with Crippen molar-refractivity contribution in [1.82, 2.24) is 0 Å². The molecule has 0 spiro atoms. The van der Waals surface area contributed by atoms with Gasteiger partial charge in [0.1, 0.15) is 11.6 Å². The van der Waals surface area contributed by atoms with Gasteiger partial charge in [-0.25, -0.2) is 4.39 Å². The number of carbonyl (C=O) groups is 1. The Morgan fingerprint density at radius 1 is 1.19 bits per heavy atom. The number of fused-ring (bicyclic) bond motifs is 1. The highest BCUT2D eigenvalue weighted by Crippen LogP contribution is 2.36. The van der Waals surface area contributed by atoms with Crippen molar-refractivity contribution in [2.24, 2.45) is 0 Å². The van der Waals surface area contributed by atoms with Crippen molar-refractivity contribution in [1.29, 1.82) is 0 Å². The van der Waals surface area contributed by atoms with Crippen molar-refractivity contribution >= 4 is 34.8 Å². The summed E-state index contributed by atoms with van der Waals surface area (Å²) >= 11 is 12.0. The van der Waals surface area contributed by atoms with Crippen LogP contribution in [0.3, 0.4) is 0 Å². The fourth-order valence-electron chi connectivity index (χ4n) is 2.17. The molecule has 1 amide bonds. The predicted molar refractivity (Wildman–Crippen MR) is 79.5 cm³/mol. The van der Waals surface area contributed by atoms with Crippen LogP contribution >= 0.6 is 23.2 Å². The van der Waals surface area contributed by atoms with E-state index in [-0.39, 0.29) is 24.1 Å². The Balaban J connectivity index is 1.98. The van der Waals surface area contributed by atoms with Gasteiger partial charge >= 0.3 is 0 Å². The lowest BCUT2D eigenvalue weighted by molar-refractivity contribution is -0.121. The van der Waals surface area contributed by atoms with Crippen molar-refractivity contribution < 1.29 is 13.9 Å². The average molecular weight is 326 g/mol. The molecule has 6 heteroatoms. The van der Waals surface area contributed by atoms with Gasteiger partial charge in [0.15, 0.2) is 6.61 Å². The molecule has 21 heavy (non-hydrogen) atoms. The summed E-state index contributed by atoms with van der Waals surface area (Å²) in [4.78, 5) is 13.6. The summed E-state index contributed by atoms with van der Waals surface area (Å²) in [5, 5.41) is 0.778. The molecule has 2 aromatic rings. The van der Waals surface area contributed by atoms with E-state index in [1.165, 1.54) is 17.0 Å². The molecule has 0 unspecified atom stereocenters. The normalized spacial score (nSPS) is 13.9. The Morgan fingerprint density at radius 3 is 2.76 bits per heavy atom. The number of carbonyl (C=O) groups excluding carboxylic acids is 1. The highest BCUT2D eigenvalue weighted by Gasteiger charge is 2.26. The zero-order chi connectivity index (χ0) is 15.0. The molecular weight excluding hydrogens is 316 g/mol. The number of benzene rings is 2. The second-order valence-electron chi connectivity index (χ2n) is 4.62. The first-order valence-corrected chi connectivity index (χ1v) is 6.97. The summed E-state index contributed by atoms with van der Waals surface area (Å²) in [6.07, 6.45) is 0. The molecule has 0 aliphatic carbocycles. The van der Waals surface area contributed by atoms with Crippen LogP contribution in [0.4, 0.5) is 10.1 Å². The lowest BCUT2D eigenvalue weighted by atomic mass is 10.1. The van der Waals surface area contributed by atoms with Crippen LogP contribution in [0.15, 0.2) is 36.4 Å². The van der Waals surface area contributed by atoms with Crippen molar-refractivity contribution in [2.75, 3.05) is 11.5 Å². The van der Waals surface area contributed by atoms with E-state index in [0.29, 0.717) is 22.0 Å². The fourth-order valence-corrected chi connectivity index (χ4v) is 2.56. The van der Waals surface area contributed by atoms with E-state index in [0.717, 1.165) is 0 Å². The van der Waals surface area contributed by atoms with E-state index in [9.17, 15) is 9.18 Å². The van der Waals surface area contributed by atoms with Crippen molar-refractivity contribution in [2.45, 2.75) is 6.54 Å². The topological polar surface area (TPSA) is 29.5 Å². The Kier molecular flexibility index (Phi) is 3.74. The Bertz CT molecular complexity index is 721. The molecule has 0 atom stereocenters. The standard InChI is InChI=1S/C15H10Cl2FNO2/c16-10-2-4-14-13(5-10)19(15(20)8-21-14)7-9-1-3-11(18)6-12(9)17/h1-6H,7-8H2. The molecule has 3 nitrogen and oxygen atoms in total. The molecule has 0 bridgehead atoms. The van der Waals surface area contributed by atoms with Crippen LogP contribution in [0.5, 0.6) is 5.75 Å². The molecule has 0 fully saturated rings. The summed E-state index contributed by atoms with van der Waals surface area (Å²) in [5.41, 5.74) is 1.23. The second-order valence-corrected chi connectivity index (χ2v) is 5.46. The molecule has 1 aliphatic heterocycles. The number of halogens is 3. The number of ether oxygens (including phenoxy) is 1.